The lowest BCUT2D eigenvalue weighted by molar-refractivity contribution is -0.141. The smallest absolute Gasteiger partial charge is 0.410 e. The predicted octanol–water partition coefficient (Wildman–Crippen LogP) is 6.71. The monoisotopic (exact) mass is 557 g/mol. The highest BCUT2D eigenvalue weighted by Gasteiger charge is 2.42. The maximum atomic E-state index is 15.2. The van der Waals surface area contributed by atoms with Crippen LogP contribution in [0.2, 0.25) is 0 Å². The Morgan fingerprint density at radius 3 is 2.55 bits per heavy atom. The number of amides is 2. The molecule has 0 bridgehead atoms. The number of hydrogen-bond donors (Lipinski definition) is 0. The van der Waals surface area contributed by atoms with Crippen molar-refractivity contribution >= 4 is 12.0 Å². The number of halogens is 1. The van der Waals surface area contributed by atoms with E-state index in [2.05, 4.69) is 13.5 Å². The van der Waals surface area contributed by atoms with Crippen molar-refractivity contribution in [1.29, 1.82) is 0 Å². The molecule has 8 heteroatoms. The lowest BCUT2D eigenvalue weighted by Crippen LogP contribution is -2.62. The molecule has 2 amide bonds. The lowest BCUT2D eigenvalue weighted by Gasteiger charge is -2.47. The van der Waals surface area contributed by atoms with Crippen molar-refractivity contribution in [3.8, 4) is 0 Å². The summed E-state index contributed by atoms with van der Waals surface area (Å²) in [7, 11) is 0. The Bertz CT molecular complexity index is 1070. The largest absolute Gasteiger partial charge is 0.444 e. The Hall–Kier alpha value is -2.87. The summed E-state index contributed by atoms with van der Waals surface area (Å²) in [6.45, 7) is 18.5. The molecule has 0 radical (unpaired) electrons. The summed E-state index contributed by atoms with van der Waals surface area (Å²) in [5.41, 5.74) is -0.186. The molecule has 0 N–H and O–H groups in total. The van der Waals surface area contributed by atoms with Gasteiger partial charge in [0.1, 0.15) is 17.0 Å². The summed E-state index contributed by atoms with van der Waals surface area (Å²) in [6.07, 6.45) is 6.30. The number of benzene rings is 1. The number of alkyl halides is 1. The highest BCUT2D eigenvalue weighted by atomic mass is 19.1. The van der Waals surface area contributed by atoms with E-state index in [1.54, 1.807) is 31.0 Å². The van der Waals surface area contributed by atoms with Gasteiger partial charge in [-0.15, -0.1) is 0 Å². The van der Waals surface area contributed by atoms with E-state index in [1.165, 1.54) is 0 Å². The molecule has 0 saturated carbocycles. The van der Waals surface area contributed by atoms with Gasteiger partial charge in [0.25, 0.3) is 5.91 Å². The van der Waals surface area contributed by atoms with E-state index in [-0.39, 0.29) is 30.2 Å². The number of morpholine rings is 1. The Balaban J connectivity index is 1.85. The minimum atomic E-state index is -1.53. The number of carbonyl (C=O) groups excluding carboxylic acids is 2. The van der Waals surface area contributed by atoms with E-state index < -0.39 is 11.3 Å². The fourth-order valence-corrected chi connectivity index (χ4v) is 5.55. The topological polar surface area (TPSA) is 62.3 Å². The van der Waals surface area contributed by atoms with Gasteiger partial charge in [0.05, 0.1) is 24.8 Å². The Kier molecular flexibility index (Phi) is 10.4. The number of ether oxygens (including phenoxy) is 2. The molecule has 1 aromatic rings. The van der Waals surface area contributed by atoms with Gasteiger partial charge < -0.3 is 24.2 Å². The van der Waals surface area contributed by atoms with Crippen molar-refractivity contribution in [2.45, 2.75) is 104 Å². The molecule has 2 aliphatic heterocycles. The number of allylic oxidation sites excluding steroid dienone is 1. The average Bonchev–Trinajstić information content (AvgIpc) is 2.90. The Morgan fingerprint density at radius 1 is 1.23 bits per heavy atom. The SMILES string of the molecule is C=CN(C(=CCCCC)C(=O)N1CCC2C(C1)OCCN2C(=O)OC(C)(C)C)C(C)c1ccccc1C(C)(C)F. The highest BCUT2D eigenvalue weighted by Crippen LogP contribution is 2.36. The molecule has 0 aromatic heterocycles. The molecular weight excluding hydrogens is 509 g/mol. The summed E-state index contributed by atoms with van der Waals surface area (Å²) >= 11 is 0. The number of hydrogen-bond acceptors (Lipinski definition) is 5. The van der Waals surface area contributed by atoms with Crippen LogP contribution in [0, 0.1) is 0 Å². The van der Waals surface area contributed by atoms with Crippen LogP contribution in [0.5, 0.6) is 0 Å². The summed E-state index contributed by atoms with van der Waals surface area (Å²) < 4.78 is 26.9. The number of fused-ring (bicyclic) bond motifs is 1. The molecule has 3 unspecified atom stereocenters. The quantitative estimate of drug-likeness (QED) is 0.250. The van der Waals surface area contributed by atoms with Gasteiger partial charge in [-0.3, -0.25) is 4.79 Å². The third kappa shape index (κ3) is 7.65. The van der Waals surface area contributed by atoms with Gasteiger partial charge in [-0.2, -0.15) is 0 Å². The van der Waals surface area contributed by atoms with E-state index in [1.807, 2.05) is 61.8 Å². The predicted molar refractivity (Wildman–Crippen MR) is 156 cm³/mol. The molecule has 0 aliphatic carbocycles. The first-order valence-corrected chi connectivity index (χ1v) is 14.6. The van der Waals surface area contributed by atoms with E-state index in [4.69, 9.17) is 9.47 Å². The number of likely N-dealkylation sites (tertiary alicyclic amines) is 1. The summed E-state index contributed by atoms with van der Waals surface area (Å²) in [5.74, 6) is -0.115. The molecule has 2 heterocycles. The second-order valence-corrected chi connectivity index (χ2v) is 12.2. The molecule has 2 saturated heterocycles. The van der Waals surface area contributed by atoms with Crippen molar-refractivity contribution in [2.24, 2.45) is 0 Å². The number of nitrogens with zero attached hydrogens (tertiary/aromatic N) is 3. The van der Waals surface area contributed by atoms with Crippen molar-refractivity contribution in [1.82, 2.24) is 14.7 Å². The van der Waals surface area contributed by atoms with Crippen LogP contribution in [0.25, 0.3) is 0 Å². The van der Waals surface area contributed by atoms with Gasteiger partial charge in [0.2, 0.25) is 0 Å². The zero-order valence-electron chi connectivity index (χ0n) is 25.4. The minimum absolute atomic E-state index is 0.115. The molecule has 3 rings (SSSR count). The highest BCUT2D eigenvalue weighted by molar-refractivity contribution is 5.93. The van der Waals surface area contributed by atoms with Crippen LogP contribution >= 0.6 is 0 Å². The fraction of sp³-hybridized carbons (Fsp3) is 0.625. The molecule has 222 valence electrons. The average molecular weight is 558 g/mol. The molecule has 40 heavy (non-hydrogen) atoms. The second kappa shape index (κ2) is 13.2. The third-order valence-corrected chi connectivity index (χ3v) is 7.56. The van der Waals surface area contributed by atoms with E-state index >= 15 is 4.39 Å². The van der Waals surface area contributed by atoms with E-state index in [0.29, 0.717) is 43.9 Å². The number of rotatable bonds is 9. The first-order valence-electron chi connectivity index (χ1n) is 14.6. The minimum Gasteiger partial charge on any atom is -0.444 e. The van der Waals surface area contributed by atoms with E-state index in [9.17, 15) is 9.59 Å². The van der Waals surface area contributed by atoms with Crippen LogP contribution in [-0.4, -0.2) is 70.7 Å². The first-order chi connectivity index (χ1) is 18.8. The zero-order valence-corrected chi connectivity index (χ0v) is 25.4. The maximum absolute atomic E-state index is 15.2. The lowest BCUT2D eigenvalue weighted by atomic mass is 9.90. The van der Waals surface area contributed by atoms with Crippen LogP contribution in [-0.2, 0) is 19.9 Å². The molecule has 0 spiro atoms. The van der Waals surface area contributed by atoms with Crippen LogP contribution < -0.4 is 0 Å². The molecule has 2 aliphatic rings. The number of unbranched alkanes of at least 4 members (excludes halogenated alkanes) is 2. The maximum Gasteiger partial charge on any atom is 0.410 e. The summed E-state index contributed by atoms with van der Waals surface area (Å²) in [6, 6.07) is 6.99. The van der Waals surface area contributed by atoms with Gasteiger partial charge in [-0.05, 0) is 78.1 Å². The van der Waals surface area contributed by atoms with Gasteiger partial charge in [-0.25, -0.2) is 9.18 Å². The molecule has 1 aromatic carbocycles. The van der Waals surface area contributed by atoms with E-state index in [0.717, 1.165) is 24.8 Å². The van der Waals surface area contributed by atoms with Crippen LogP contribution in [0.1, 0.15) is 91.3 Å². The van der Waals surface area contributed by atoms with Gasteiger partial charge in [0.15, 0.2) is 0 Å². The molecule has 2 fully saturated rings. The molecule has 3 atom stereocenters. The summed E-state index contributed by atoms with van der Waals surface area (Å²) in [5, 5.41) is 0. The number of piperidine rings is 1. The molecular formula is C32H48FN3O4. The zero-order chi connectivity index (χ0) is 29.7. The van der Waals surface area contributed by atoms with Gasteiger partial charge in [-0.1, -0.05) is 50.3 Å². The first kappa shape index (κ1) is 31.7. The van der Waals surface area contributed by atoms with Crippen molar-refractivity contribution in [3.63, 3.8) is 0 Å². The Labute approximate surface area is 240 Å². The third-order valence-electron chi connectivity index (χ3n) is 7.56. The molecule has 7 nitrogen and oxygen atoms in total. The standard InChI is InChI=1S/C32H48FN3O4/c1-9-11-12-17-27(35(10-2)23(3)24-15-13-14-16-25(24)32(7,8)33)29(37)34-19-18-26-28(22-34)39-21-20-36(26)30(38)40-31(4,5)6/h10,13-17,23,26,28H,2,9,11-12,18-22H2,1,3-8H3. The Morgan fingerprint density at radius 2 is 1.93 bits per heavy atom. The van der Waals surface area contributed by atoms with Gasteiger partial charge >= 0.3 is 6.09 Å². The normalized spacial score (nSPS) is 20.9. The van der Waals surface area contributed by atoms with Crippen LogP contribution in [0.15, 0.2) is 48.8 Å². The van der Waals surface area contributed by atoms with Crippen molar-refractivity contribution in [2.75, 3.05) is 26.2 Å². The second-order valence-electron chi connectivity index (χ2n) is 12.2. The van der Waals surface area contributed by atoms with Crippen molar-refractivity contribution < 1.29 is 23.5 Å². The number of carbonyl (C=O) groups is 2. The fourth-order valence-electron chi connectivity index (χ4n) is 5.55. The van der Waals surface area contributed by atoms with Crippen LogP contribution in [0.4, 0.5) is 9.18 Å². The van der Waals surface area contributed by atoms with Gasteiger partial charge in [0, 0.05) is 19.6 Å². The summed E-state index contributed by atoms with van der Waals surface area (Å²) in [4.78, 5) is 32.4. The van der Waals surface area contributed by atoms with Crippen LogP contribution in [0.3, 0.4) is 0 Å². The van der Waals surface area contributed by atoms with Crippen molar-refractivity contribution in [3.05, 3.63) is 59.9 Å².